The topological polar surface area (TPSA) is 25.8 Å². The minimum absolute atomic E-state index is 0. The second-order valence-electron chi connectivity index (χ2n) is 11.8. The van der Waals surface area contributed by atoms with Crippen LogP contribution in [0.3, 0.4) is 0 Å². The van der Waals surface area contributed by atoms with Crippen molar-refractivity contribution >= 4 is 44.8 Å². The van der Waals surface area contributed by atoms with Crippen molar-refractivity contribution in [2.75, 3.05) is 0 Å². The van der Waals surface area contributed by atoms with Gasteiger partial charge in [0.25, 0.3) is 0 Å². The van der Waals surface area contributed by atoms with E-state index in [2.05, 4.69) is 98.2 Å². The van der Waals surface area contributed by atoms with Crippen LogP contribution in [0.1, 0.15) is 33.3 Å². The van der Waals surface area contributed by atoms with Crippen molar-refractivity contribution in [2.24, 2.45) is 5.92 Å². The van der Waals surface area contributed by atoms with E-state index in [9.17, 15) is 0 Å². The zero-order chi connectivity index (χ0) is 30.9. The quantitative estimate of drug-likeness (QED) is 0.129. The van der Waals surface area contributed by atoms with E-state index in [1.54, 1.807) is 23.6 Å². The summed E-state index contributed by atoms with van der Waals surface area (Å²) in [6.07, 6.45) is 2.37. The zero-order valence-corrected chi connectivity index (χ0v) is 29.5. The summed E-state index contributed by atoms with van der Waals surface area (Å²) in [7, 11) is -1.27. The number of fused-ring (bicyclic) bond motifs is 3. The van der Waals surface area contributed by atoms with Gasteiger partial charge in [0.15, 0.2) is 0 Å². The van der Waals surface area contributed by atoms with Crippen molar-refractivity contribution in [3.8, 4) is 22.5 Å². The van der Waals surface area contributed by atoms with Gasteiger partial charge in [0.1, 0.15) is 0 Å². The Labute approximate surface area is 272 Å². The molecule has 0 bridgehead atoms. The molecule has 0 saturated heterocycles. The maximum Gasteiger partial charge on any atom is 0.0798 e. The first-order chi connectivity index (χ1) is 20.4. The molecule has 2 nitrogen and oxygen atoms in total. The van der Waals surface area contributed by atoms with Gasteiger partial charge in [-0.3, -0.25) is 0 Å². The number of pyridine rings is 2. The average molecular weight is 765 g/mol. The van der Waals surface area contributed by atoms with Crippen LogP contribution in [-0.2, 0) is 26.5 Å². The molecule has 0 atom stereocenters. The average Bonchev–Trinajstić information content (AvgIpc) is 3.37. The standard InChI is InChI=1S/C22H20NS.C15H18NSi.Ir/c1-14(2)12-16-10-11-23-20(13-16)19-9-5-8-18-17-7-4-6-15(3)21(17)24-22(18)19;1-12-10-14(13-8-6-5-7-9-13)16-11-15(12)17(2,3)4;/h4-8,10-11,13-14H,12H2,1-3H3;5-8,10-11H,1-4H3;/q2*-1;/i12D2;;. The van der Waals surface area contributed by atoms with E-state index >= 15 is 0 Å². The van der Waals surface area contributed by atoms with E-state index < -0.39 is 14.4 Å². The largest absolute Gasteiger partial charge is 0.305 e. The summed E-state index contributed by atoms with van der Waals surface area (Å²) in [6.45, 7) is 15.2. The predicted molar refractivity (Wildman–Crippen MR) is 181 cm³/mol. The van der Waals surface area contributed by atoms with Crippen LogP contribution in [0.15, 0.2) is 85.2 Å². The monoisotopic (exact) mass is 765 g/mol. The number of thiophene rings is 1. The van der Waals surface area contributed by atoms with Crippen LogP contribution >= 0.6 is 11.3 Å². The number of hydrogen-bond donors (Lipinski definition) is 0. The number of aryl methyl sites for hydroxylation is 2. The van der Waals surface area contributed by atoms with Gasteiger partial charge in [-0.15, -0.1) is 59.7 Å². The molecule has 0 spiro atoms. The molecule has 217 valence electrons. The molecule has 0 saturated carbocycles. The SMILES string of the molecule is Cc1cc(-c2[c-]cccc2)ncc1[Si](C)(C)C.[2H]C([2H])(c1ccnc(-c2[c-]ccc3c2sc2c(C)cccc23)c1)C(C)C.[Ir]. The number of rotatable bonds is 5. The minimum Gasteiger partial charge on any atom is -0.305 e. The van der Waals surface area contributed by atoms with E-state index in [1.807, 2.05) is 44.2 Å². The number of aromatic nitrogens is 2. The van der Waals surface area contributed by atoms with Gasteiger partial charge in [0, 0.05) is 39.9 Å². The molecule has 6 aromatic rings. The minimum atomic E-state index is -1.39. The van der Waals surface area contributed by atoms with Gasteiger partial charge in [-0.1, -0.05) is 80.3 Å². The Morgan fingerprint density at radius 1 is 0.833 bits per heavy atom. The van der Waals surface area contributed by atoms with Gasteiger partial charge >= 0.3 is 0 Å². The summed E-state index contributed by atoms with van der Waals surface area (Å²) < 4.78 is 19.2. The van der Waals surface area contributed by atoms with Crippen molar-refractivity contribution in [3.63, 3.8) is 0 Å². The van der Waals surface area contributed by atoms with Crippen molar-refractivity contribution in [1.29, 1.82) is 0 Å². The van der Waals surface area contributed by atoms with Crippen LogP contribution in [0, 0.1) is 31.9 Å². The van der Waals surface area contributed by atoms with Crippen LogP contribution in [0.4, 0.5) is 0 Å². The molecule has 0 aliphatic carbocycles. The van der Waals surface area contributed by atoms with Gasteiger partial charge in [0.05, 0.1) is 8.07 Å². The Morgan fingerprint density at radius 2 is 1.62 bits per heavy atom. The Kier molecular flexibility index (Phi) is 9.41. The molecule has 0 N–H and O–H groups in total. The van der Waals surface area contributed by atoms with E-state index in [-0.39, 0.29) is 26.0 Å². The fourth-order valence-electron chi connectivity index (χ4n) is 5.13. The van der Waals surface area contributed by atoms with Crippen LogP contribution < -0.4 is 5.19 Å². The Hall–Kier alpha value is -2.95. The van der Waals surface area contributed by atoms with Crippen LogP contribution in [0.5, 0.6) is 0 Å². The fraction of sp³-hybridized carbons (Fsp3) is 0.243. The summed E-state index contributed by atoms with van der Waals surface area (Å²) >= 11 is 1.76. The van der Waals surface area contributed by atoms with E-state index in [1.165, 1.54) is 31.8 Å². The molecule has 0 unspecified atom stereocenters. The first-order valence-electron chi connectivity index (χ1n) is 15.1. The van der Waals surface area contributed by atoms with Crippen molar-refractivity contribution in [1.82, 2.24) is 9.97 Å². The molecule has 1 radical (unpaired) electrons. The number of hydrogen-bond acceptors (Lipinski definition) is 3. The van der Waals surface area contributed by atoms with Crippen molar-refractivity contribution in [3.05, 3.63) is 114 Å². The maximum absolute atomic E-state index is 8.39. The first-order valence-corrected chi connectivity index (χ1v) is 18.4. The molecule has 0 aliphatic rings. The second-order valence-corrected chi connectivity index (χ2v) is 17.8. The summed E-state index contributed by atoms with van der Waals surface area (Å²) in [4.78, 5) is 9.11. The van der Waals surface area contributed by atoms with E-state index in [0.29, 0.717) is 5.56 Å². The predicted octanol–water partition coefficient (Wildman–Crippen LogP) is 9.82. The molecule has 0 amide bonds. The molecule has 3 heterocycles. The Bertz CT molecular complexity index is 1900. The van der Waals surface area contributed by atoms with Crippen LogP contribution in [0.2, 0.25) is 19.6 Å². The second kappa shape index (κ2) is 13.6. The third kappa shape index (κ3) is 7.15. The molecule has 6 rings (SSSR count). The summed E-state index contributed by atoms with van der Waals surface area (Å²) in [5, 5.41) is 3.91. The molecule has 3 aromatic carbocycles. The summed E-state index contributed by atoms with van der Waals surface area (Å²) in [6, 6.07) is 30.8. The third-order valence-corrected chi connectivity index (χ3v) is 10.5. The molecule has 5 heteroatoms. The van der Waals surface area contributed by atoms with E-state index in [0.717, 1.165) is 27.2 Å². The van der Waals surface area contributed by atoms with Gasteiger partial charge in [-0.2, -0.15) is 11.3 Å². The molecular formula is C37H38IrN2SSi-2. The number of nitrogens with zero attached hydrogens (tertiary/aromatic N) is 2. The molecule has 42 heavy (non-hydrogen) atoms. The third-order valence-electron chi connectivity index (χ3n) is 7.03. The van der Waals surface area contributed by atoms with Crippen molar-refractivity contribution in [2.45, 2.75) is 53.7 Å². The Morgan fingerprint density at radius 3 is 2.31 bits per heavy atom. The fourth-order valence-corrected chi connectivity index (χ4v) is 8.11. The molecular weight excluding hydrogens is 725 g/mol. The molecule has 0 fully saturated rings. The van der Waals surface area contributed by atoms with Crippen molar-refractivity contribution < 1.29 is 22.8 Å². The van der Waals surface area contributed by atoms with Gasteiger partial charge in [-0.25, -0.2) is 0 Å². The van der Waals surface area contributed by atoms with Gasteiger partial charge in [0.2, 0.25) is 0 Å². The van der Waals surface area contributed by atoms with Gasteiger partial charge < -0.3 is 9.97 Å². The van der Waals surface area contributed by atoms with Crippen LogP contribution in [0.25, 0.3) is 42.7 Å². The Balaban J connectivity index is 0.000000214. The molecule has 3 aromatic heterocycles. The van der Waals surface area contributed by atoms with E-state index in [4.69, 9.17) is 2.74 Å². The summed E-state index contributed by atoms with van der Waals surface area (Å²) in [5.41, 5.74) is 7.10. The smallest absolute Gasteiger partial charge is 0.0798 e. The molecule has 0 aliphatic heterocycles. The maximum atomic E-state index is 8.39. The number of benzene rings is 3. The summed E-state index contributed by atoms with van der Waals surface area (Å²) in [5.74, 6) is -0.107. The first kappa shape index (κ1) is 29.1. The van der Waals surface area contributed by atoms with Crippen LogP contribution in [-0.4, -0.2) is 18.0 Å². The van der Waals surface area contributed by atoms with Gasteiger partial charge in [-0.05, 0) is 64.4 Å². The normalized spacial score (nSPS) is 12.4. The zero-order valence-electron chi connectivity index (χ0n) is 27.3.